The van der Waals surface area contributed by atoms with Gasteiger partial charge in [0.15, 0.2) is 0 Å². The van der Waals surface area contributed by atoms with E-state index in [9.17, 15) is 0 Å². The SMILES string of the molecule is Cc1nc(C2CCOC2)c2ccc(Br)cc2n1. The maximum atomic E-state index is 5.45. The van der Waals surface area contributed by atoms with Gasteiger partial charge in [-0.25, -0.2) is 9.97 Å². The maximum absolute atomic E-state index is 5.45. The lowest BCUT2D eigenvalue weighted by Crippen LogP contribution is -2.04. The van der Waals surface area contributed by atoms with Gasteiger partial charge in [-0.1, -0.05) is 15.9 Å². The summed E-state index contributed by atoms with van der Waals surface area (Å²) in [4.78, 5) is 9.09. The summed E-state index contributed by atoms with van der Waals surface area (Å²) in [6, 6.07) is 6.18. The van der Waals surface area contributed by atoms with Crippen LogP contribution < -0.4 is 0 Å². The molecule has 17 heavy (non-hydrogen) atoms. The monoisotopic (exact) mass is 292 g/mol. The number of rotatable bonds is 1. The second kappa shape index (κ2) is 4.35. The minimum absolute atomic E-state index is 0.417. The third kappa shape index (κ3) is 2.07. The fraction of sp³-hybridized carbons (Fsp3) is 0.385. The average Bonchev–Trinajstić information content (AvgIpc) is 2.80. The molecule has 0 aliphatic carbocycles. The van der Waals surface area contributed by atoms with E-state index in [4.69, 9.17) is 4.74 Å². The molecule has 1 saturated heterocycles. The highest BCUT2D eigenvalue weighted by Crippen LogP contribution is 2.30. The van der Waals surface area contributed by atoms with Crippen LogP contribution in [0.15, 0.2) is 22.7 Å². The number of nitrogens with zero attached hydrogens (tertiary/aromatic N) is 2. The average molecular weight is 293 g/mol. The fourth-order valence-corrected chi connectivity index (χ4v) is 2.66. The number of ether oxygens (including phenoxy) is 1. The van der Waals surface area contributed by atoms with E-state index >= 15 is 0 Å². The van der Waals surface area contributed by atoms with Crippen LogP contribution in [0.3, 0.4) is 0 Å². The van der Waals surface area contributed by atoms with Crippen LogP contribution in [0, 0.1) is 6.92 Å². The highest BCUT2D eigenvalue weighted by Gasteiger charge is 2.22. The highest BCUT2D eigenvalue weighted by molar-refractivity contribution is 9.10. The molecular formula is C13H13BrN2O. The zero-order valence-electron chi connectivity index (χ0n) is 9.61. The largest absolute Gasteiger partial charge is 0.381 e. The lowest BCUT2D eigenvalue weighted by atomic mass is 10.0. The lowest BCUT2D eigenvalue weighted by Gasteiger charge is -2.11. The van der Waals surface area contributed by atoms with E-state index in [2.05, 4.69) is 32.0 Å². The van der Waals surface area contributed by atoms with Crippen molar-refractivity contribution in [3.8, 4) is 0 Å². The first kappa shape index (κ1) is 11.1. The standard InChI is InChI=1S/C13H13BrN2O/c1-8-15-12-6-10(14)2-3-11(12)13(16-8)9-4-5-17-7-9/h2-3,6,9H,4-5,7H2,1H3. The van der Waals surface area contributed by atoms with E-state index in [0.717, 1.165) is 46.5 Å². The van der Waals surface area contributed by atoms with E-state index in [1.165, 1.54) is 0 Å². The normalized spacial score (nSPS) is 20.0. The quantitative estimate of drug-likeness (QED) is 0.810. The topological polar surface area (TPSA) is 35.0 Å². The minimum Gasteiger partial charge on any atom is -0.381 e. The highest BCUT2D eigenvalue weighted by atomic mass is 79.9. The second-order valence-corrected chi connectivity index (χ2v) is 5.29. The lowest BCUT2D eigenvalue weighted by molar-refractivity contribution is 0.193. The van der Waals surface area contributed by atoms with E-state index in [-0.39, 0.29) is 0 Å². The van der Waals surface area contributed by atoms with Crippen LogP contribution in [-0.4, -0.2) is 23.2 Å². The molecule has 1 atom stereocenters. The van der Waals surface area contributed by atoms with Crippen molar-refractivity contribution >= 4 is 26.8 Å². The van der Waals surface area contributed by atoms with Crippen molar-refractivity contribution in [3.05, 3.63) is 34.2 Å². The molecule has 0 radical (unpaired) electrons. The molecule has 0 amide bonds. The van der Waals surface area contributed by atoms with Crippen LogP contribution in [0.2, 0.25) is 0 Å². The van der Waals surface area contributed by atoms with Gasteiger partial charge in [0.25, 0.3) is 0 Å². The molecule has 0 spiro atoms. The zero-order chi connectivity index (χ0) is 11.8. The van der Waals surface area contributed by atoms with Crippen molar-refractivity contribution in [3.63, 3.8) is 0 Å². The molecule has 3 rings (SSSR count). The molecule has 0 N–H and O–H groups in total. The van der Waals surface area contributed by atoms with Crippen LogP contribution in [-0.2, 0) is 4.74 Å². The Bertz CT molecular complexity index is 559. The van der Waals surface area contributed by atoms with Crippen molar-refractivity contribution < 1.29 is 4.74 Å². The number of hydrogen-bond donors (Lipinski definition) is 0. The molecule has 1 fully saturated rings. The van der Waals surface area contributed by atoms with Crippen LogP contribution >= 0.6 is 15.9 Å². The number of fused-ring (bicyclic) bond motifs is 1. The summed E-state index contributed by atoms with van der Waals surface area (Å²) in [5.41, 5.74) is 2.14. The number of aromatic nitrogens is 2. The predicted octanol–water partition coefficient (Wildman–Crippen LogP) is 3.20. The number of aryl methyl sites for hydroxylation is 1. The Morgan fingerprint density at radius 3 is 3.00 bits per heavy atom. The molecule has 4 heteroatoms. The van der Waals surface area contributed by atoms with Gasteiger partial charge < -0.3 is 4.74 Å². The molecule has 1 aliphatic heterocycles. The molecule has 1 aromatic carbocycles. The van der Waals surface area contributed by atoms with Crippen LogP contribution in [0.4, 0.5) is 0 Å². The summed E-state index contributed by atoms with van der Waals surface area (Å²) in [7, 11) is 0. The molecule has 2 aromatic rings. The van der Waals surface area contributed by atoms with E-state index < -0.39 is 0 Å². The first-order valence-corrected chi connectivity index (χ1v) is 6.55. The van der Waals surface area contributed by atoms with E-state index in [1.54, 1.807) is 0 Å². The van der Waals surface area contributed by atoms with Crippen LogP contribution in [0.25, 0.3) is 10.9 Å². The van der Waals surface area contributed by atoms with Crippen molar-refractivity contribution in [2.75, 3.05) is 13.2 Å². The Morgan fingerprint density at radius 1 is 1.35 bits per heavy atom. The van der Waals surface area contributed by atoms with E-state index in [0.29, 0.717) is 5.92 Å². The van der Waals surface area contributed by atoms with Crippen molar-refractivity contribution in [1.29, 1.82) is 0 Å². The summed E-state index contributed by atoms with van der Waals surface area (Å²) in [5, 5.41) is 1.15. The summed E-state index contributed by atoms with van der Waals surface area (Å²) in [6.45, 7) is 3.56. The Balaban J connectivity index is 2.21. The van der Waals surface area contributed by atoms with Gasteiger partial charge in [-0.15, -0.1) is 0 Å². The molecule has 3 nitrogen and oxygen atoms in total. The van der Waals surface area contributed by atoms with Gasteiger partial charge in [0.2, 0.25) is 0 Å². The third-order valence-electron chi connectivity index (χ3n) is 3.12. The summed E-state index contributed by atoms with van der Waals surface area (Å²) in [6.07, 6.45) is 1.06. The van der Waals surface area contributed by atoms with Gasteiger partial charge in [0.1, 0.15) is 5.82 Å². The Labute approximate surface area is 108 Å². The van der Waals surface area contributed by atoms with Gasteiger partial charge in [-0.3, -0.25) is 0 Å². The molecule has 88 valence electrons. The molecule has 0 bridgehead atoms. The van der Waals surface area contributed by atoms with Crippen LogP contribution in [0.1, 0.15) is 23.9 Å². The summed E-state index contributed by atoms with van der Waals surface area (Å²) < 4.78 is 6.51. The molecule has 1 aromatic heterocycles. The van der Waals surface area contributed by atoms with Gasteiger partial charge in [0, 0.05) is 22.4 Å². The number of halogens is 1. The second-order valence-electron chi connectivity index (χ2n) is 4.38. The smallest absolute Gasteiger partial charge is 0.126 e. The molecule has 2 heterocycles. The summed E-state index contributed by atoms with van der Waals surface area (Å²) in [5.74, 6) is 1.25. The van der Waals surface area contributed by atoms with Gasteiger partial charge in [0.05, 0.1) is 17.8 Å². The number of benzene rings is 1. The maximum Gasteiger partial charge on any atom is 0.126 e. The Kier molecular flexibility index (Phi) is 2.84. The van der Waals surface area contributed by atoms with Gasteiger partial charge >= 0.3 is 0 Å². The van der Waals surface area contributed by atoms with Crippen LogP contribution in [0.5, 0.6) is 0 Å². The van der Waals surface area contributed by atoms with Gasteiger partial charge in [-0.2, -0.15) is 0 Å². The molecular weight excluding hydrogens is 280 g/mol. The molecule has 1 unspecified atom stereocenters. The van der Waals surface area contributed by atoms with Crippen molar-refractivity contribution in [2.24, 2.45) is 0 Å². The van der Waals surface area contributed by atoms with Gasteiger partial charge in [-0.05, 0) is 31.5 Å². The first-order chi connectivity index (χ1) is 8.24. The molecule has 0 saturated carbocycles. The van der Waals surface area contributed by atoms with E-state index in [1.807, 2.05) is 19.1 Å². The van der Waals surface area contributed by atoms with Crippen molar-refractivity contribution in [1.82, 2.24) is 9.97 Å². The fourth-order valence-electron chi connectivity index (χ4n) is 2.31. The molecule has 1 aliphatic rings. The third-order valence-corrected chi connectivity index (χ3v) is 3.61. The number of hydrogen-bond acceptors (Lipinski definition) is 3. The minimum atomic E-state index is 0.417. The zero-order valence-corrected chi connectivity index (χ0v) is 11.2. The Morgan fingerprint density at radius 2 is 2.24 bits per heavy atom. The first-order valence-electron chi connectivity index (χ1n) is 5.75. The van der Waals surface area contributed by atoms with Crippen molar-refractivity contribution in [2.45, 2.75) is 19.3 Å². The Hall–Kier alpha value is -1.00. The summed E-state index contributed by atoms with van der Waals surface area (Å²) >= 11 is 3.48. The predicted molar refractivity (Wildman–Crippen MR) is 70.2 cm³/mol.